The fourth-order valence-corrected chi connectivity index (χ4v) is 3.66. The standard InChI is InChI=1S/C16H21NO2/c18-15(19)16(9-4-1-5-10-16)17-11-8-13-6-2-3-7-14(13)12-17/h2-3,6-7H,1,4-5,8-12H2,(H,18,19). The lowest BCUT2D eigenvalue weighted by molar-refractivity contribution is -0.155. The molecule has 1 aliphatic carbocycles. The van der Waals surface area contributed by atoms with Crippen LogP contribution in [0.4, 0.5) is 0 Å². The number of carbonyl (C=O) groups is 1. The molecule has 3 nitrogen and oxygen atoms in total. The molecule has 0 unspecified atom stereocenters. The zero-order valence-corrected chi connectivity index (χ0v) is 11.3. The summed E-state index contributed by atoms with van der Waals surface area (Å²) in [5, 5.41) is 9.75. The SMILES string of the molecule is O=C(O)C1(N2CCc3ccccc3C2)CCCCC1. The summed E-state index contributed by atoms with van der Waals surface area (Å²) in [6.45, 7) is 1.67. The van der Waals surface area contributed by atoms with Crippen LogP contribution < -0.4 is 0 Å². The fourth-order valence-electron chi connectivity index (χ4n) is 3.66. The van der Waals surface area contributed by atoms with Gasteiger partial charge in [-0.2, -0.15) is 0 Å². The Hall–Kier alpha value is -1.35. The van der Waals surface area contributed by atoms with Gasteiger partial charge in [-0.05, 0) is 30.4 Å². The Morgan fingerprint density at radius 2 is 1.79 bits per heavy atom. The molecule has 1 fully saturated rings. The lowest BCUT2D eigenvalue weighted by Crippen LogP contribution is -2.57. The maximum absolute atomic E-state index is 11.8. The molecule has 0 aromatic heterocycles. The smallest absolute Gasteiger partial charge is 0.324 e. The second-order valence-corrected chi connectivity index (χ2v) is 5.84. The molecule has 1 N–H and O–H groups in total. The first kappa shape index (κ1) is 12.7. The Balaban J connectivity index is 1.87. The molecule has 102 valence electrons. The maximum atomic E-state index is 11.8. The van der Waals surface area contributed by atoms with Crippen LogP contribution in [-0.2, 0) is 17.8 Å². The van der Waals surface area contributed by atoms with E-state index in [2.05, 4.69) is 29.2 Å². The van der Waals surface area contributed by atoms with Crippen molar-refractivity contribution in [2.75, 3.05) is 6.54 Å². The predicted molar refractivity (Wildman–Crippen MR) is 74.0 cm³/mol. The molecule has 19 heavy (non-hydrogen) atoms. The van der Waals surface area contributed by atoms with Crippen LogP contribution in [0.3, 0.4) is 0 Å². The van der Waals surface area contributed by atoms with Crippen LogP contribution in [0.2, 0.25) is 0 Å². The monoisotopic (exact) mass is 259 g/mol. The summed E-state index contributed by atoms with van der Waals surface area (Å²) in [6.07, 6.45) is 5.87. The van der Waals surface area contributed by atoms with Gasteiger partial charge in [0.15, 0.2) is 0 Å². The maximum Gasteiger partial charge on any atom is 0.324 e. The molecule has 1 saturated carbocycles. The number of aliphatic carboxylic acids is 1. The molecule has 2 aliphatic rings. The van der Waals surface area contributed by atoms with Crippen molar-refractivity contribution in [3.05, 3.63) is 35.4 Å². The van der Waals surface area contributed by atoms with Crippen molar-refractivity contribution in [1.82, 2.24) is 4.90 Å². The van der Waals surface area contributed by atoms with Gasteiger partial charge in [0.1, 0.15) is 5.54 Å². The molecule has 1 aromatic carbocycles. The molecule has 3 rings (SSSR count). The highest BCUT2D eigenvalue weighted by molar-refractivity contribution is 5.79. The third-order valence-corrected chi connectivity index (χ3v) is 4.81. The summed E-state index contributed by atoms with van der Waals surface area (Å²) in [5.74, 6) is -0.619. The van der Waals surface area contributed by atoms with Crippen LogP contribution in [0.25, 0.3) is 0 Å². The normalized spacial score (nSPS) is 22.7. The van der Waals surface area contributed by atoms with E-state index < -0.39 is 11.5 Å². The van der Waals surface area contributed by atoms with Crippen LogP contribution in [0.5, 0.6) is 0 Å². The third kappa shape index (κ3) is 2.16. The van der Waals surface area contributed by atoms with E-state index in [-0.39, 0.29) is 0 Å². The van der Waals surface area contributed by atoms with Crippen molar-refractivity contribution in [1.29, 1.82) is 0 Å². The van der Waals surface area contributed by atoms with Gasteiger partial charge in [-0.1, -0.05) is 43.5 Å². The molecular formula is C16H21NO2. The number of rotatable bonds is 2. The lowest BCUT2D eigenvalue weighted by Gasteiger charge is -2.45. The van der Waals surface area contributed by atoms with E-state index in [1.807, 2.05) is 0 Å². The Morgan fingerprint density at radius 3 is 2.47 bits per heavy atom. The minimum atomic E-state index is -0.619. The lowest BCUT2D eigenvalue weighted by atomic mass is 9.79. The predicted octanol–water partition coefficient (Wildman–Crippen LogP) is 2.83. The van der Waals surface area contributed by atoms with Gasteiger partial charge in [0, 0.05) is 13.1 Å². The highest BCUT2D eigenvalue weighted by Crippen LogP contribution is 2.37. The molecule has 3 heteroatoms. The fraction of sp³-hybridized carbons (Fsp3) is 0.562. The average Bonchev–Trinajstić information content (AvgIpc) is 2.47. The number of nitrogens with zero attached hydrogens (tertiary/aromatic N) is 1. The van der Waals surface area contributed by atoms with Gasteiger partial charge in [-0.15, -0.1) is 0 Å². The van der Waals surface area contributed by atoms with Gasteiger partial charge < -0.3 is 5.11 Å². The summed E-state index contributed by atoms with van der Waals surface area (Å²) in [5.41, 5.74) is 2.08. The van der Waals surface area contributed by atoms with Gasteiger partial charge in [0.05, 0.1) is 0 Å². The second-order valence-electron chi connectivity index (χ2n) is 5.84. The van der Waals surface area contributed by atoms with Crippen molar-refractivity contribution in [2.45, 2.75) is 50.6 Å². The molecule has 0 atom stereocenters. The molecule has 1 aromatic rings. The minimum absolute atomic E-state index is 0.605. The van der Waals surface area contributed by atoms with Crippen molar-refractivity contribution in [2.24, 2.45) is 0 Å². The topological polar surface area (TPSA) is 40.5 Å². The number of carboxylic acid groups (broad SMARTS) is 1. The molecular weight excluding hydrogens is 238 g/mol. The average molecular weight is 259 g/mol. The van der Waals surface area contributed by atoms with E-state index in [4.69, 9.17) is 0 Å². The van der Waals surface area contributed by atoms with Crippen LogP contribution >= 0.6 is 0 Å². The Bertz CT molecular complexity index is 477. The summed E-state index contributed by atoms with van der Waals surface area (Å²) >= 11 is 0. The van der Waals surface area contributed by atoms with E-state index in [0.717, 1.165) is 45.2 Å². The molecule has 0 radical (unpaired) electrons. The zero-order chi connectivity index (χ0) is 13.3. The highest BCUT2D eigenvalue weighted by atomic mass is 16.4. The van der Waals surface area contributed by atoms with Crippen molar-refractivity contribution >= 4 is 5.97 Å². The largest absolute Gasteiger partial charge is 0.480 e. The molecule has 0 saturated heterocycles. The van der Waals surface area contributed by atoms with Gasteiger partial charge >= 0.3 is 5.97 Å². The molecule has 1 heterocycles. The number of fused-ring (bicyclic) bond motifs is 1. The first-order chi connectivity index (χ1) is 9.22. The number of hydrogen-bond acceptors (Lipinski definition) is 2. The van der Waals surface area contributed by atoms with Crippen LogP contribution in [0, 0.1) is 0 Å². The van der Waals surface area contributed by atoms with E-state index >= 15 is 0 Å². The number of benzene rings is 1. The Morgan fingerprint density at radius 1 is 1.11 bits per heavy atom. The number of hydrogen-bond donors (Lipinski definition) is 1. The molecule has 0 bridgehead atoms. The van der Waals surface area contributed by atoms with Crippen molar-refractivity contribution in [3.8, 4) is 0 Å². The van der Waals surface area contributed by atoms with Gasteiger partial charge in [0.2, 0.25) is 0 Å². The Kier molecular flexibility index (Phi) is 3.31. The number of carboxylic acids is 1. The second kappa shape index (κ2) is 4.97. The molecule has 0 spiro atoms. The minimum Gasteiger partial charge on any atom is -0.480 e. The van der Waals surface area contributed by atoms with Gasteiger partial charge in [-0.25, -0.2) is 0 Å². The van der Waals surface area contributed by atoms with Crippen molar-refractivity contribution < 1.29 is 9.90 Å². The zero-order valence-electron chi connectivity index (χ0n) is 11.3. The van der Waals surface area contributed by atoms with E-state index in [1.165, 1.54) is 17.5 Å². The highest BCUT2D eigenvalue weighted by Gasteiger charge is 2.45. The third-order valence-electron chi connectivity index (χ3n) is 4.81. The summed E-state index contributed by atoms with van der Waals surface area (Å²) in [7, 11) is 0. The molecule has 1 aliphatic heterocycles. The van der Waals surface area contributed by atoms with Crippen LogP contribution in [0.1, 0.15) is 43.2 Å². The summed E-state index contributed by atoms with van der Waals surface area (Å²) in [6, 6.07) is 8.43. The van der Waals surface area contributed by atoms with Crippen LogP contribution in [-0.4, -0.2) is 28.1 Å². The van der Waals surface area contributed by atoms with E-state index in [1.54, 1.807) is 0 Å². The van der Waals surface area contributed by atoms with Gasteiger partial charge in [-0.3, -0.25) is 9.69 Å². The Labute approximate surface area is 114 Å². The quantitative estimate of drug-likeness (QED) is 0.888. The van der Waals surface area contributed by atoms with Gasteiger partial charge in [0.25, 0.3) is 0 Å². The van der Waals surface area contributed by atoms with E-state index in [9.17, 15) is 9.90 Å². The summed E-state index contributed by atoms with van der Waals surface area (Å²) in [4.78, 5) is 14.1. The van der Waals surface area contributed by atoms with E-state index in [0.29, 0.717) is 0 Å². The van der Waals surface area contributed by atoms with Crippen molar-refractivity contribution in [3.63, 3.8) is 0 Å². The van der Waals surface area contributed by atoms with Crippen LogP contribution in [0.15, 0.2) is 24.3 Å². The first-order valence-electron chi connectivity index (χ1n) is 7.28. The molecule has 0 amide bonds. The first-order valence-corrected chi connectivity index (χ1v) is 7.28. The summed E-state index contributed by atoms with van der Waals surface area (Å²) < 4.78 is 0.